The number of hydrogen-bond donors (Lipinski definition) is 1. The van der Waals surface area contributed by atoms with Crippen molar-refractivity contribution in [2.24, 2.45) is 0 Å². The molecule has 1 atom stereocenters. The minimum Gasteiger partial charge on any atom is -0.337 e. The van der Waals surface area contributed by atoms with Gasteiger partial charge in [-0.1, -0.05) is 24.9 Å². The summed E-state index contributed by atoms with van der Waals surface area (Å²) in [5, 5.41) is 3.63. The molecule has 0 saturated carbocycles. The standard InChI is InChI=1S/C16H22ClFN2O/c1-2-9-20(11-13-5-3-4-8-19-13)16(21)14-7-6-12(18)10-15(14)17/h6-7,10,13,19H,2-5,8-9,11H2,1H3. The zero-order chi connectivity index (χ0) is 15.2. The Kier molecular flexibility index (Phi) is 6.00. The number of halogens is 2. The van der Waals surface area contributed by atoms with Crippen LogP contribution in [-0.4, -0.2) is 36.5 Å². The van der Waals surface area contributed by atoms with Crippen LogP contribution in [0, 0.1) is 5.82 Å². The number of rotatable bonds is 5. The van der Waals surface area contributed by atoms with Crippen LogP contribution in [0.1, 0.15) is 43.0 Å². The third-order valence-electron chi connectivity index (χ3n) is 3.80. The number of piperidine rings is 1. The summed E-state index contributed by atoms with van der Waals surface area (Å²) in [6.45, 7) is 4.42. The van der Waals surface area contributed by atoms with E-state index in [0.717, 1.165) is 19.4 Å². The van der Waals surface area contributed by atoms with Crippen molar-refractivity contribution in [2.45, 2.75) is 38.6 Å². The van der Waals surface area contributed by atoms with E-state index in [0.29, 0.717) is 24.7 Å². The maximum absolute atomic E-state index is 13.1. The summed E-state index contributed by atoms with van der Waals surface area (Å²) in [6.07, 6.45) is 4.37. The summed E-state index contributed by atoms with van der Waals surface area (Å²) in [5.74, 6) is -0.540. The first-order valence-corrected chi connectivity index (χ1v) is 7.97. The molecule has 1 heterocycles. The number of carbonyl (C=O) groups is 1. The Morgan fingerprint density at radius 3 is 2.90 bits per heavy atom. The van der Waals surface area contributed by atoms with Crippen LogP contribution in [0.15, 0.2) is 18.2 Å². The topological polar surface area (TPSA) is 32.3 Å². The van der Waals surface area contributed by atoms with Gasteiger partial charge in [0.2, 0.25) is 0 Å². The van der Waals surface area contributed by atoms with Crippen molar-refractivity contribution in [3.63, 3.8) is 0 Å². The van der Waals surface area contributed by atoms with Crippen LogP contribution in [0.3, 0.4) is 0 Å². The normalized spacial score (nSPS) is 18.5. The van der Waals surface area contributed by atoms with Gasteiger partial charge in [-0.05, 0) is 44.0 Å². The highest BCUT2D eigenvalue weighted by Crippen LogP contribution is 2.20. The minimum absolute atomic E-state index is 0.116. The molecule has 1 N–H and O–H groups in total. The second kappa shape index (κ2) is 7.76. The number of benzene rings is 1. The van der Waals surface area contributed by atoms with Gasteiger partial charge in [-0.25, -0.2) is 4.39 Å². The van der Waals surface area contributed by atoms with Gasteiger partial charge in [-0.2, -0.15) is 0 Å². The molecule has 0 bridgehead atoms. The Morgan fingerprint density at radius 2 is 2.29 bits per heavy atom. The average Bonchev–Trinajstić information content (AvgIpc) is 2.47. The molecule has 0 spiro atoms. The van der Waals surface area contributed by atoms with E-state index < -0.39 is 5.82 Å². The van der Waals surface area contributed by atoms with E-state index in [4.69, 9.17) is 11.6 Å². The van der Waals surface area contributed by atoms with E-state index in [1.807, 2.05) is 11.8 Å². The summed E-state index contributed by atoms with van der Waals surface area (Å²) < 4.78 is 13.1. The summed E-state index contributed by atoms with van der Waals surface area (Å²) in [7, 11) is 0. The lowest BCUT2D eigenvalue weighted by Crippen LogP contribution is -2.46. The summed E-state index contributed by atoms with van der Waals surface area (Å²) in [6, 6.07) is 4.28. The highest BCUT2D eigenvalue weighted by atomic mass is 35.5. The van der Waals surface area contributed by atoms with Crippen molar-refractivity contribution in [1.29, 1.82) is 0 Å². The molecule has 1 aromatic carbocycles. The molecular formula is C16H22ClFN2O. The molecule has 0 aromatic heterocycles. The Balaban J connectivity index is 2.10. The van der Waals surface area contributed by atoms with E-state index in [1.165, 1.54) is 31.0 Å². The molecule has 2 rings (SSSR count). The second-order valence-corrected chi connectivity index (χ2v) is 5.93. The van der Waals surface area contributed by atoms with E-state index in [9.17, 15) is 9.18 Å². The smallest absolute Gasteiger partial charge is 0.255 e. The maximum atomic E-state index is 13.1. The van der Waals surface area contributed by atoms with Crippen molar-refractivity contribution in [2.75, 3.05) is 19.6 Å². The SMILES string of the molecule is CCCN(CC1CCCCN1)C(=O)c1ccc(F)cc1Cl. The van der Waals surface area contributed by atoms with Gasteiger partial charge in [0.05, 0.1) is 10.6 Å². The van der Waals surface area contributed by atoms with Crippen LogP contribution in [0.4, 0.5) is 4.39 Å². The molecule has 5 heteroatoms. The zero-order valence-corrected chi connectivity index (χ0v) is 13.1. The first-order valence-electron chi connectivity index (χ1n) is 7.59. The van der Waals surface area contributed by atoms with Crippen LogP contribution in [0.2, 0.25) is 5.02 Å². The molecule has 21 heavy (non-hydrogen) atoms. The maximum Gasteiger partial charge on any atom is 0.255 e. The molecule has 1 aliphatic rings. The molecule has 0 aliphatic carbocycles. The number of hydrogen-bond acceptors (Lipinski definition) is 2. The first kappa shape index (κ1) is 16.2. The van der Waals surface area contributed by atoms with Crippen LogP contribution in [0.25, 0.3) is 0 Å². The Bertz CT molecular complexity index is 489. The highest BCUT2D eigenvalue weighted by Gasteiger charge is 2.22. The van der Waals surface area contributed by atoms with Crippen molar-refractivity contribution >= 4 is 17.5 Å². The summed E-state index contributed by atoms with van der Waals surface area (Å²) in [4.78, 5) is 14.5. The fraction of sp³-hybridized carbons (Fsp3) is 0.562. The largest absolute Gasteiger partial charge is 0.337 e. The van der Waals surface area contributed by atoms with Gasteiger partial charge in [0.15, 0.2) is 0 Å². The molecule has 1 aliphatic heterocycles. The van der Waals surface area contributed by atoms with Crippen LogP contribution in [0.5, 0.6) is 0 Å². The van der Waals surface area contributed by atoms with E-state index in [2.05, 4.69) is 5.32 Å². The quantitative estimate of drug-likeness (QED) is 0.903. The van der Waals surface area contributed by atoms with Crippen molar-refractivity contribution in [3.8, 4) is 0 Å². The fourth-order valence-electron chi connectivity index (χ4n) is 2.72. The second-order valence-electron chi connectivity index (χ2n) is 5.52. The minimum atomic E-state index is -0.424. The number of nitrogens with one attached hydrogen (secondary N) is 1. The zero-order valence-electron chi connectivity index (χ0n) is 12.4. The van der Waals surface area contributed by atoms with Crippen LogP contribution >= 0.6 is 11.6 Å². The van der Waals surface area contributed by atoms with Crippen molar-refractivity contribution < 1.29 is 9.18 Å². The Labute approximate surface area is 130 Å². The van der Waals surface area contributed by atoms with Crippen LogP contribution < -0.4 is 5.32 Å². The van der Waals surface area contributed by atoms with Gasteiger partial charge in [0.25, 0.3) is 5.91 Å². The summed E-state index contributed by atoms with van der Waals surface area (Å²) in [5.41, 5.74) is 0.377. The van der Waals surface area contributed by atoms with Gasteiger partial charge >= 0.3 is 0 Å². The van der Waals surface area contributed by atoms with Gasteiger partial charge < -0.3 is 10.2 Å². The Morgan fingerprint density at radius 1 is 1.48 bits per heavy atom. The number of nitrogens with zero attached hydrogens (tertiary/aromatic N) is 1. The lowest BCUT2D eigenvalue weighted by molar-refractivity contribution is 0.0732. The third-order valence-corrected chi connectivity index (χ3v) is 4.11. The summed E-state index contributed by atoms with van der Waals surface area (Å²) >= 11 is 6.01. The number of amides is 1. The third kappa shape index (κ3) is 4.42. The van der Waals surface area contributed by atoms with E-state index in [1.54, 1.807) is 0 Å². The van der Waals surface area contributed by atoms with E-state index in [-0.39, 0.29) is 10.9 Å². The van der Waals surface area contributed by atoms with Gasteiger partial charge in [-0.3, -0.25) is 4.79 Å². The Hall–Kier alpha value is -1.13. The molecule has 116 valence electrons. The van der Waals surface area contributed by atoms with Gasteiger partial charge in [0.1, 0.15) is 5.82 Å². The predicted molar refractivity (Wildman–Crippen MR) is 83.2 cm³/mol. The molecular weight excluding hydrogens is 291 g/mol. The van der Waals surface area contributed by atoms with Crippen molar-refractivity contribution in [1.82, 2.24) is 10.2 Å². The van der Waals surface area contributed by atoms with Crippen molar-refractivity contribution in [3.05, 3.63) is 34.6 Å². The lowest BCUT2D eigenvalue weighted by Gasteiger charge is -2.30. The fourth-order valence-corrected chi connectivity index (χ4v) is 2.97. The highest BCUT2D eigenvalue weighted by molar-refractivity contribution is 6.33. The average molecular weight is 313 g/mol. The van der Waals surface area contributed by atoms with E-state index >= 15 is 0 Å². The molecule has 1 amide bonds. The molecule has 1 saturated heterocycles. The molecule has 1 aromatic rings. The van der Waals surface area contributed by atoms with Gasteiger partial charge in [0, 0.05) is 19.1 Å². The predicted octanol–water partition coefficient (Wildman–Crippen LogP) is 3.47. The molecule has 0 radical (unpaired) electrons. The molecule has 1 fully saturated rings. The molecule has 3 nitrogen and oxygen atoms in total. The molecule has 1 unspecified atom stereocenters. The van der Waals surface area contributed by atoms with Crippen LogP contribution in [-0.2, 0) is 0 Å². The number of carbonyl (C=O) groups excluding carboxylic acids is 1. The van der Waals surface area contributed by atoms with Gasteiger partial charge in [-0.15, -0.1) is 0 Å². The monoisotopic (exact) mass is 312 g/mol. The first-order chi connectivity index (χ1) is 10.1. The lowest BCUT2D eigenvalue weighted by atomic mass is 10.0.